The fraction of sp³-hybridized carbons (Fsp3) is 0.526. The summed E-state index contributed by atoms with van der Waals surface area (Å²) < 4.78 is 5.50. The Labute approximate surface area is 153 Å². The Morgan fingerprint density at radius 1 is 1.36 bits per heavy atom. The van der Waals surface area contributed by atoms with E-state index < -0.39 is 5.41 Å². The van der Waals surface area contributed by atoms with E-state index in [0.717, 1.165) is 24.0 Å². The molecule has 1 fully saturated rings. The van der Waals surface area contributed by atoms with Crippen LogP contribution in [0.1, 0.15) is 44.1 Å². The van der Waals surface area contributed by atoms with Gasteiger partial charge in [-0.1, -0.05) is 28.9 Å². The minimum absolute atomic E-state index is 0.118. The van der Waals surface area contributed by atoms with E-state index >= 15 is 0 Å². The van der Waals surface area contributed by atoms with E-state index in [1.807, 2.05) is 49.9 Å². The van der Waals surface area contributed by atoms with Gasteiger partial charge >= 0.3 is 0 Å². The number of aryl methyl sites for hydroxylation is 1. The number of halogens is 1. The number of likely N-dealkylation sites (tertiary alicyclic amines) is 1. The van der Waals surface area contributed by atoms with Gasteiger partial charge in [-0.05, 0) is 39.7 Å². The van der Waals surface area contributed by atoms with E-state index in [4.69, 9.17) is 16.1 Å². The highest BCUT2D eigenvalue weighted by Gasteiger charge is 2.34. The van der Waals surface area contributed by atoms with E-state index in [2.05, 4.69) is 10.1 Å². The van der Waals surface area contributed by atoms with Crippen molar-refractivity contribution in [1.82, 2.24) is 15.0 Å². The van der Waals surface area contributed by atoms with Crippen LogP contribution in [0.2, 0.25) is 0 Å². The molecule has 1 aliphatic rings. The topological polar surface area (TPSA) is 59.2 Å². The number of carbonyl (C=O) groups excluding carboxylic acids is 1. The average Bonchev–Trinajstić information content (AvgIpc) is 3.11. The molecule has 1 aromatic carbocycles. The van der Waals surface area contributed by atoms with Crippen molar-refractivity contribution in [3.63, 3.8) is 0 Å². The maximum absolute atomic E-state index is 12.5. The summed E-state index contributed by atoms with van der Waals surface area (Å²) in [4.78, 5) is 19.0. The number of carbonyl (C=O) groups is 1. The number of piperidine rings is 1. The fourth-order valence-electron chi connectivity index (χ4n) is 3.12. The van der Waals surface area contributed by atoms with Gasteiger partial charge in [-0.2, -0.15) is 4.98 Å². The molecule has 1 aromatic heterocycles. The zero-order valence-electron chi connectivity index (χ0n) is 15.0. The second-order valence-electron chi connectivity index (χ2n) is 7.41. The van der Waals surface area contributed by atoms with Gasteiger partial charge in [0, 0.05) is 30.5 Å². The number of alkyl halides is 1. The van der Waals surface area contributed by atoms with Gasteiger partial charge in [0.05, 0.1) is 5.41 Å². The molecular formula is C19H24ClN3O2. The van der Waals surface area contributed by atoms with Crippen LogP contribution in [-0.2, 0) is 4.79 Å². The standard InChI is InChI=1S/C19H24ClN3O2/c1-13-5-4-6-15(11-13)16-21-17(25-22-16)14-7-9-23(10-8-14)18(24)19(2,3)12-20/h4-6,11,14H,7-10,12H2,1-3H3. The van der Waals surface area contributed by atoms with Crippen LogP contribution in [0.4, 0.5) is 0 Å². The molecule has 25 heavy (non-hydrogen) atoms. The molecule has 0 unspecified atom stereocenters. The number of aromatic nitrogens is 2. The van der Waals surface area contributed by atoms with Crippen LogP contribution in [-0.4, -0.2) is 39.9 Å². The second kappa shape index (κ2) is 7.16. The predicted octanol–water partition coefficient (Wildman–Crippen LogP) is 4.02. The molecule has 0 bridgehead atoms. The lowest BCUT2D eigenvalue weighted by atomic mass is 9.91. The molecule has 3 rings (SSSR count). The maximum atomic E-state index is 12.5. The summed E-state index contributed by atoms with van der Waals surface area (Å²) >= 11 is 5.92. The van der Waals surface area contributed by atoms with E-state index in [1.165, 1.54) is 0 Å². The Morgan fingerprint density at radius 3 is 2.72 bits per heavy atom. The number of benzene rings is 1. The zero-order chi connectivity index (χ0) is 18.0. The SMILES string of the molecule is Cc1cccc(-c2noc(C3CCN(C(=O)C(C)(C)CCl)CC3)n2)c1. The van der Waals surface area contributed by atoms with Gasteiger partial charge in [-0.15, -0.1) is 11.6 Å². The Balaban J connectivity index is 1.65. The van der Waals surface area contributed by atoms with Crippen molar-refractivity contribution in [2.75, 3.05) is 19.0 Å². The van der Waals surface area contributed by atoms with Crippen LogP contribution in [0.5, 0.6) is 0 Å². The summed E-state index contributed by atoms with van der Waals surface area (Å²) in [5.41, 5.74) is 1.61. The molecule has 2 aromatic rings. The molecule has 0 saturated carbocycles. The molecule has 0 atom stereocenters. The van der Waals surface area contributed by atoms with Crippen LogP contribution >= 0.6 is 11.6 Å². The van der Waals surface area contributed by atoms with Gasteiger partial charge in [0.2, 0.25) is 17.6 Å². The largest absolute Gasteiger partial charge is 0.342 e. The second-order valence-corrected chi connectivity index (χ2v) is 7.68. The molecule has 0 spiro atoms. The van der Waals surface area contributed by atoms with Crippen molar-refractivity contribution in [3.8, 4) is 11.4 Å². The smallest absolute Gasteiger partial charge is 0.230 e. The minimum atomic E-state index is -0.517. The first-order valence-electron chi connectivity index (χ1n) is 8.67. The van der Waals surface area contributed by atoms with E-state index in [0.29, 0.717) is 30.7 Å². The van der Waals surface area contributed by atoms with Crippen molar-refractivity contribution < 1.29 is 9.32 Å². The Morgan fingerprint density at radius 2 is 2.08 bits per heavy atom. The van der Waals surface area contributed by atoms with Crippen molar-refractivity contribution in [2.24, 2.45) is 5.41 Å². The van der Waals surface area contributed by atoms with Crippen LogP contribution in [0.3, 0.4) is 0 Å². The number of nitrogens with zero attached hydrogens (tertiary/aromatic N) is 3. The fourth-order valence-corrected chi connectivity index (χ4v) is 3.23. The average molecular weight is 362 g/mol. The summed E-state index contributed by atoms with van der Waals surface area (Å²) in [6.45, 7) is 7.22. The summed E-state index contributed by atoms with van der Waals surface area (Å²) in [5, 5.41) is 4.13. The number of rotatable bonds is 4. The normalized spacial score (nSPS) is 16.2. The van der Waals surface area contributed by atoms with Gasteiger partial charge in [0.15, 0.2) is 0 Å². The molecule has 0 N–H and O–H groups in total. The third-order valence-corrected chi connectivity index (χ3v) is 5.43. The molecule has 1 saturated heterocycles. The molecular weight excluding hydrogens is 338 g/mol. The summed E-state index contributed by atoms with van der Waals surface area (Å²) in [7, 11) is 0. The quantitative estimate of drug-likeness (QED) is 0.772. The Kier molecular flexibility index (Phi) is 5.13. The lowest BCUT2D eigenvalue weighted by molar-refractivity contribution is -0.140. The van der Waals surface area contributed by atoms with E-state index in [9.17, 15) is 4.79 Å². The number of hydrogen-bond donors (Lipinski definition) is 0. The zero-order valence-corrected chi connectivity index (χ0v) is 15.7. The van der Waals surface area contributed by atoms with Crippen LogP contribution in [0.15, 0.2) is 28.8 Å². The maximum Gasteiger partial charge on any atom is 0.230 e. The molecule has 6 heteroatoms. The molecule has 1 amide bonds. The molecule has 1 aliphatic heterocycles. The minimum Gasteiger partial charge on any atom is -0.342 e. The van der Waals surface area contributed by atoms with Crippen LogP contribution in [0, 0.1) is 12.3 Å². The first kappa shape index (κ1) is 17.9. The summed E-state index contributed by atoms with van der Waals surface area (Å²) in [6.07, 6.45) is 1.67. The Hall–Kier alpha value is -1.88. The lowest BCUT2D eigenvalue weighted by Crippen LogP contribution is -2.45. The van der Waals surface area contributed by atoms with Gasteiger partial charge in [0.25, 0.3) is 0 Å². The highest BCUT2D eigenvalue weighted by molar-refractivity contribution is 6.19. The number of amides is 1. The van der Waals surface area contributed by atoms with E-state index in [1.54, 1.807) is 0 Å². The summed E-state index contributed by atoms with van der Waals surface area (Å²) in [6, 6.07) is 8.06. The predicted molar refractivity (Wildman–Crippen MR) is 97.5 cm³/mol. The lowest BCUT2D eigenvalue weighted by Gasteiger charge is -2.35. The molecule has 5 nitrogen and oxygen atoms in total. The first-order chi connectivity index (χ1) is 11.9. The molecule has 134 valence electrons. The highest BCUT2D eigenvalue weighted by Crippen LogP contribution is 2.31. The van der Waals surface area contributed by atoms with Crippen molar-refractivity contribution in [2.45, 2.75) is 39.5 Å². The monoisotopic (exact) mass is 361 g/mol. The molecule has 0 radical (unpaired) electrons. The number of hydrogen-bond acceptors (Lipinski definition) is 4. The van der Waals surface area contributed by atoms with Crippen LogP contribution in [0.25, 0.3) is 11.4 Å². The highest BCUT2D eigenvalue weighted by atomic mass is 35.5. The summed E-state index contributed by atoms with van der Waals surface area (Å²) in [5.74, 6) is 1.94. The van der Waals surface area contributed by atoms with Crippen molar-refractivity contribution in [1.29, 1.82) is 0 Å². The third-order valence-electron chi connectivity index (χ3n) is 4.76. The van der Waals surface area contributed by atoms with Crippen LogP contribution < -0.4 is 0 Å². The van der Waals surface area contributed by atoms with Crippen molar-refractivity contribution in [3.05, 3.63) is 35.7 Å². The molecule has 2 heterocycles. The van der Waals surface area contributed by atoms with Gasteiger partial charge in [0.1, 0.15) is 0 Å². The van der Waals surface area contributed by atoms with Crippen molar-refractivity contribution >= 4 is 17.5 Å². The van der Waals surface area contributed by atoms with Gasteiger partial charge in [-0.3, -0.25) is 4.79 Å². The first-order valence-corrected chi connectivity index (χ1v) is 9.20. The third kappa shape index (κ3) is 3.87. The van der Waals surface area contributed by atoms with Gasteiger partial charge in [-0.25, -0.2) is 0 Å². The Bertz CT molecular complexity index is 749. The molecule has 0 aliphatic carbocycles. The van der Waals surface area contributed by atoms with E-state index in [-0.39, 0.29) is 11.8 Å². The van der Waals surface area contributed by atoms with Gasteiger partial charge < -0.3 is 9.42 Å².